The Morgan fingerprint density at radius 3 is 2.26 bits per heavy atom. The van der Waals surface area contributed by atoms with Crippen molar-refractivity contribution in [2.75, 3.05) is 46.4 Å². The number of rotatable bonds is 10. The molecular weight excluding hydrogens is 568 g/mol. The van der Waals surface area contributed by atoms with Crippen molar-refractivity contribution in [2.45, 2.75) is 38.6 Å². The van der Waals surface area contributed by atoms with Gasteiger partial charge in [0.15, 0.2) is 0 Å². The van der Waals surface area contributed by atoms with Gasteiger partial charge in [-0.3, -0.25) is 9.80 Å². The fourth-order valence-corrected chi connectivity index (χ4v) is 7.69. The predicted molar refractivity (Wildman–Crippen MR) is 166 cm³/mol. The van der Waals surface area contributed by atoms with Crippen molar-refractivity contribution < 1.29 is 9.47 Å². The summed E-state index contributed by atoms with van der Waals surface area (Å²) in [7, 11) is 1.74. The van der Waals surface area contributed by atoms with Crippen LogP contribution in [0.15, 0.2) is 65.1 Å². The summed E-state index contributed by atoms with van der Waals surface area (Å²) in [6.45, 7) is 7.62. The van der Waals surface area contributed by atoms with E-state index in [0.29, 0.717) is 0 Å². The van der Waals surface area contributed by atoms with Crippen molar-refractivity contribution in [3.8, 4) is 21.9 Å². The number of halogens is 1. The summed E-state index contributed by atoms with van der Waals surface area (Å²) in [5, 5.41) is 1.30. The molecule has 0 amide bonds. The van der Waals surface area contributed by atoms with Crippen LogP contribution in [-0.4, -0.2) is 56.2 Å². The summed E-state index contributed by atoms with van der Waals surface area (Å²) in [6, 6.07) is 22.1. The molecule has 6 rings (SSSR count). The Bertz CT molecular complexity index is 1410. The SMILES string of the molecule is COc1ccc2c(Cc3ccc(CN4CCCC4)c(Br)c3)c(-c3ccc(OCCN4CCCC4)cc3)sc2c1. The molecule has 1 aromatic heterocycles. The Balaban J connectivity index is 1.24. The molecule has 4 aromatic rings. The van der Waals surface area contributed by atoms with Crippen LogP contribution < -0.4 is 9.47 Å². The highest BCUT2D eigenvalue weighted by molar-refractivity contribution is 9.10. The van der Waals surface area contributed by atoms with Gasteiger partial charge < -0.3 is 9.47 Å². The van der Waals surface area contributed by atoms with Crippen molar-refractivity contribution in [1.82, 2.24) is 9.80 Å². The Labute approximate surface area is 244 Å². The molecule has 2 aliphatic rings. The summed E-state index contributed by atoms with van der Waals surface area (Å²) in [5.41, 5.74) is 5.31. The molecule has 0 spiro atoms. The van der Waals surface area contributed by atoms with Gasteiger partial charge in [0.1, 0.15) is 18.1 Å². The first-order chi connectivity index (χ1) is 19.2. The Morgan fingerprint density at radius 1 is 0.821 bits per heavy atom. The van der Waals surface area contributed by atoms with E-state index < -0.39 is 0 Å². The van der Waals surface area contributed by atoms with Gasteiger partial charge in [-0.2, -0.15) is 0 Å². The van der Waals surface area contributed by atoms with Crippen LogP contribution in [0.5, 0.6) is 11.5 Å². The second-order valence-electron chi connectivity index (χ2n) is 10.8. The standard InChI is InChI=1S/C33H37BrN2O2S/c1-37-28-12-13-29-30(20-24-6-7-26(31(34)21-24)23-36-16-4-5-17-36)33(39-32(29)22-28)25-8-10-27(11-9-25)38-19-18-35-14-2-3-15-35/h6-13,21-22H,2-5,14-20,23H2,1H3. The van der Waals surface area contributed by atoms with Crippen molar-refractivity contribution in [1.29, 1.82) is 0 Å². The summed E-state index contributed by atoms with van der Waals surface area (Å²) in [5.74, 6) is 1.84. The van der Waals surface area contributed by atoms with Crippen LogP contribution in [0.3, 0.4) is 0 Å². The average Bonchev–Trinajstić information content (AvgIpc) is 3.73. The first-order valence-corrected chi connectivity index (χ1v) is 15.8. The smallest absolute Gasteiger partial charge is 0.120 e. The molecule has 0 saturated carbocycles. The second-order valence-corrected chi connectivity index (χ2v) is 12.7. The molecule has 0 atom stereocenters. The number of thiophene rings is 1. The number of benzene rings is 3. The molecule has 204 valence electrons. The van der Waals surface area contributed by atoms with E-state index >= 15 is 0 Å². The van der Waals surface area contributed by atoms with E-state index in [1.54, 1.807) is 7.11 Å². The number of hydrogen-bond donors (Lipinski definition) is 0. The maximum atomic E-state index is 6.08. The van der Waals surface area contributed by atoms with Gasteiger partial charge in [-0.1, -0.05) is 28.1 Å². The lowest BCUT2D eigenvalue weighted by Gasteiger charge is -2.16. The third-order valence-electron chi connectivity index (χ3n) is 8.08. The number of hydrogen-bond acceptors (Lipinski definition) is 5. The molecule has 3 heterocycles. The van der Waals surface area contributed by atoms with Crippen molar-refractivity contribution in [3.05, 3.63) is 81.8 Å². The number of nitrogens with zero attached hydrogens (tertiary/aromatic N) is 2. The lowest BCUT2D eigenvalue weighted by molar-refractivity contribution is 0.238. The van der Waals surface area contributed by atoms with E-state index in [1.165, 1.54) is 93.6 Å². The fraction of sp³-hybridized carbons (Fsp3) is 0.394. The van der Waals surface area contributed by atoms with Gasteiger partial charge in [0.2, 0.25) is 0 Å². The quantitative estimate of drug-likeness (QED) is 0.183. The van der Waals surface area contributed by atoms with Crippen LogP contribution in [0, 0.1) is 0 Å². The minimum Gasteiger partial charge on any atom is -0.497 e. The average molecular weight is 606 g/mol. The van der Waals surface area contributed by atoms with Crippen molar-refractivity contribution >= 4 is 37.4 Å². The normalized spacial score (nSPS) is 16.4. The van der Waals surface area contributed by atoms with Gasteiger partial charge in [-0.15, -0.1) is 11.3 Å². The number of likely N-dealkylation sites (tertiary alicyclic amines) is 2. The zero-order chi connectivity index (χ0) is 26.6. The van der Waals surface area contributed by atoms with Gasteiger partial charge in [0.25, 0.3) is 0 Å². The van der Waals surface area contributed by atoms with Crippen molar-refractivity contribution in [3.63, 3.8) is 0 Å². The molecule has 2 aliphatic heterocycles. The topological polar surface area (TPSA) is 24.9 Å². The highest BCUT2D eigenvalue weighted by Gasteiger charge is 2.18. The third kappa shape index (κ3) is 6.35. The lowest BCUT2D eigenvalue weighted by Crippen LogP contribution is -2.25. The monoisotopic (exact) mass is 604 g/mol. The molecule has 0 bridgehead atoms. The van der Waals surface area contributed by atoms with E-state index in [-0.39, 0.29) is 0 Å². The summed E-state index contributed by atoms with van der Waals surface area (Å²) in [6.07, 6.45) is 6.16. The molecule has 0 unspecified atom stereocenters. The van der Waals surface area contributed by atoms with Gasteiger partial charge in [-0.25, -0.2) is 0 Å². The van der Waals surface area contributed by atoms with Crippen LogP contribution in [0.4, 0.5) is 0 Å². The molecule has 0 N–H and O–H groups in total. The summed E-state index contributed by atoms with van der Waals surface area (Å²) < 4.78 is 14.1. The maximum absolute atomic E-state index is 6.08. The Morgan fingerprint density at radius 2 is 1.54 bits per heavy atom. The zero-order valence-electron chi connectivity index (χ0n) is 22.8. The molecule has 0 radical (unpaired) electrons. The molecular formula is C33H37BrN2O2S. The van der Waals surface area contributed by atoms with E-state index in [2.05, 4.69) is 86.4 Å². The molecule has 6 heteroatoms. The second kappa shape index (κ2) is 12.4. The highest BCUT2D eigenvalue weighted by Crippen LogP contribution is 2.42. The van der Waals surface area contributed by atoms with Crippen LogP contribution >= 0.6 is 27.3 Å². The van der Waals surface area contributed by atoms with Gasteiger partial charge in [0.05, 0.1) is 7.11 Å². The van der Waals surface area contributed by atoms with E-state index in [4.69, 9.17) is 9.47 Å². The predicted octanol–water partition coefficient (Wildman–Crippen LogP) is 8.00. The molecule has 39 heavy (non-hydrogen) atoms. The van der Waals surface area contributed by atoms with Crippen LogP contribution in [-0.2, 0) is 13.0 Å². The Hall–Kier alpha value is -2.38. The largest absolute Gasteiger partial charge is 0.497 e. The highest BCUT2D eigenvalue weighted by atomic mass is 79.9. The van der Waals surface area contributed by atoms with Gasteiger partial charge in [0, 0.05) is 27.1 Å². The van der Waals surface area contributed by atoms with Crippen LogP contribution in [0.25, 0.3) is 20.5 Å². The van der Waals surface area contributed by atoms with Gasteiger partial charge in [-0.05, 0) is 134 Å². The molecule has 2 saturated heterocycles. The summed E-state index contributed by atoms with van der Waals surface area (Å²) >= 11 is 5.73. The number of methoxy groups -OCH3 is 1. The van der Waals surface area contributed by atoms with Crippen LogP contribution in [0.2, 0.25) is 0 Å². The van der Waals surface area contributed by atoms with Crippen molar-refractivity contribution in [2.24, 2.45) is 0 Å². The van der Waals surface area contributed by atoms with E-state index in [1.807, 2.05) is 11.3 Å². The lowest BCUT2D eigenvalue weighted by atomic mass is 9.98. The molecule has 4 nitrogen and oxygen atoms in total. The first kappa shape index (κ1) is 26.8. The minimum atomic E-state index is 0.746. The van der Waals surface area contributed by atoms with E-state index in [0.717, 1.165) is 37.6 Å². The van der Waals surface area contributed by atoms with E-state index in [9.17, 15) is 0 Å². The third-order valence-corrected chi connectivity index (χ3v) is 10.1. The fourth-order valence-electron chi connectivity index (χ4n) is 5.88. The van der Waals surface area contributed by atoms with Gasteiger partial charge >= 0.3 is 0 Å². The van der Waals surface area contributed by atoms with Crippen LogP contribution in [0.1, 0.15) is 42.4 Å². The minimum absolute atomic E-state index is 0.746. The summed E-state index contributed by atoms with van der Waals surface area (Å²) in [4.78, 5) is 6.36. The number of fused-ring (bicyclic) bond motifs is 1. The molecule has 0 aliphatic carbocycles. The Kier molecular flexibility index (Phi) is 8.54. The maximum Gasteiger partial charge on any atom is 0.120 e. The molecule has 3 aromatic carbocycles. The number of ether oxygens (including phenoxy) is 2. The zero-order valence-corrected chi connectivity index (χ0v) is 25.2. The molecule has 2 fully saturated rings. The first-order valence-electron chi connectivity index (χ1n) is 14.2.